The molecule has 0 amide bonds. The number of methoxy groups -OCH3 is 1. The van der Waals surface area contributed by atoms with Crippen molar-refractivity contribution in [3.63, 3.8) is 0 Å². The number of hydrogen-bond donors (Lipinski definition) is 1. The zero-order valence-corrected chi connectivity index (χ0v) is 11.6. The summed E-state index contributed by atoms with van der Waals surface area (Å²) in [6, 6.07) is 11.6. The van der Waals surface area contributed by atoms with Crippen molar-refractivity contribution in [2.24, 2.45) is 0 Å². The maximum Gasteiger partial charge on any atom is 0.338 e. The van der Waals surface area contributed by atoms with E-state index in [0.29, 0.717) is 5.69 Å². The highest BCUT2D eigenvalue weighted by Crippen LogP contribution is 2.28. The third-order valence-corrected chi connectivity index (χ3v) is 2.91. The molecule has 1 N–H and O–H groups in total. The molecule has 0 aliphatic rings. The van der Waals surface area contributed by atoms with Gasteiger partial charge in [0.2, 0.25) is 0 Å². The molecule has 0 bridgehead atoms. The van der Waals surface area contributed by atoms with Crippen LogP contribution in [0.3, 0.4) is 0 Å². The number of carbonyl (C=O) groups is 1. The predicted octanol–water partition coefficient (Wildman–Crippen LogP) is 1.38. The maximum absolute atomic E-state index is 11.4. The Bertz CT molecular complexity index is 703. The molecule has 0 saturated carbocycles. The second-order valence-electron chi connectivity index (χ2n) is 4.48. The normalized spacial score (nSPS) is 9.95. The molecule has 6 nitrogen and oxygen atoms in total. The van der Waals surface area contributed by atoms with Crippen LogP contribution < -0.4 is 10.8 Å². The number of nitrogens with one attached hydrogen (secondary N) is 1. The van der Waals surface area contributed by atoms with E-state index < -0.39 is 10.9 Å². The summed E-state index contributed by atoms with van der Waals surface area (Å²) in [6.45, 7) is 0. The Hall–Kier alpha value is -2.83. The van der Waals surface area contributed by atoms with Crippen molar-refractivity contribution in [2.75, 3.05) is 12.4 Å². The summed E-state index contributed by atoms with van der Waals surface area (Å²) < 4.78 is 4.56. The van der Waals surface area contributed by atoms with E-state index in [1.807, 2.05) is 32.1 Å². The molecule has 0 spiro atoms. The van der Waals surface area contributed by atoms with Gasteiger partial charge in [-0.1, -0.05) is 17.6 Å². The summed E-state index contributed by atoms with van der Waals surface area (Å²) in [6.07, 6.45) is 0. The summed E-state index contributed by atoms with van der Waals surface area (Å²) in [5.74, 6) is -0.611. The van der Waals surface area contributed by atoms with Crippen LogP contribution in [0.15, 0.2) is 42.5 Å². The Labute approximate surface area is 122 Å². The van der Waals surface area contributed by atoms with E-state index in [2.05, 4.69) is 10.1 Å². The lowest BCUT2D eigenvalue weighted by molar-refractivity contribution is -0.383. The van der Waals surface area contributed by atoms with Crippen LogP contribution in [0.4, 0.5) is 17.1 Å². The third-order valence-electron chi connectivity index (χ3n) is 2.91. The van der Waals surface area contributed by atoms with E-state index in [1.165, 1.54) is 25.3 Å². The number of nitro benzene ring substituents is 1. The number of rotatable bonds is 4. The van der Waals surface area contributed by atoms with Crippen LogP contribution in [0.2, 0.25) is 0 Å². The SMILES string of the molecule is Bc1cccc(Nc2ccc(C(=O)OC)cc2[N+](=O)[O-])c1. The van der Waals surface area contributed by atoms with E-state index in [0.717, 1.165) is 11.2 Å². The lowest BCUT2D eigenvalue weighted by Gasteiger charge is -2.09. The van der Waals surface area contributed by atoms with Gasteiger partial charge in [0, 0.05) is 11.8 Å². The Morgan fingerprint density at radius 3 is 2.67 bits per heavy atom. The Kier molecular flexibility index (Phi) is 4.22. The minimum Gasteiger partial charge on any atom is -0.465 e. The maximum atomic E-state index is 11.4. The smallest absolute Gasteiger partial charge is 0.338 e. The summed E-state index contributed by atoms with van der Waals surface area (Å²) in [5.41, 5.74) is 2.05. The molecule has 2 aromatic rings. The van der Waals surface area contributed by atoms with Crippen LogP contribution >= 0.6 is 0 Å². The van der Waals surface area contributed by atoms with E-state index in [4.69, 9.17) is 0 Å². The number of anilines is 2. The molecule has 0 aromatic heterocycles. The summed E-state index contributed by atoms with van der Waals surface area (Å²) in [5, 5.41) is 14.1. The van der Waals surface area contributed by atoms with Crippen molar-refractivity contribution in [1.29, 1.82) is 0 Å². The highest BCUT2D eigenvalue weighted by atomic mass is 16.6. The Balaban J connectivity index is 2.39. The quantitative estimate of drug-likeness (QED) is 0.397. The van der Waals surface area contributed by atoms with Gasteiger partial charge in [-0.25, -0.2) is 4.79 Å². The van der Waals surface area contributed by atoms with Crippen LogP contribution in [0.1, 0.15) is 10.4 Å². The van der Waals surface area contributed by atoms with Crippen LogP contribution in [-0.4, -0.2) is 25.8 Å². The summed E-state index contributed by atoms with van der Waals surface area (Å²) in [7, 11) is 3.16. The zero-order valence-electron chi connectivity index (χ0n) is 11.6. The highest BCUT2D eigenvalue weighted by Gasteiger charge is 2.18. The fraction of sp³-hybridized carbons (Fsp3) is 0.0714. The lowest BCUT2D eigenvalue weighted by atomic mass is 9.96. The van der Waals surface area contributed by atoms with Crippen molar-refractivity contribution in [3.05, 3.63) is 58.1 Å². The molecular weight excluding hydrogens is 271 g/mol. The molecule has 106 valence electrons. The van der Waals surface area contributed by atoms with Gasteiger partial charge in [0.05, 0.1) is 17.6 Å². The van der Waals surface area contributed by atoms with Gasteiger partial charge in [-0.05, 0) is 24.3 Å². The van der Waals surface area contributed by atoms with Crippen molar-refractivity contribution in [3.8, 4) is 0 Å². The van der Waals surface area contributed by atoms with Crippen molar-refractivity contribution in [2.45, 2.75) is 0 Å². The number of nitro groups is 1. The summed E-state index contributed by atoms with van der Waals surface area (Å²) in [4.78, 5) is 22.1. The first kappa shape index (κ1) is 14.6. The van der Waals surface area contributed by atoms with Crippen LogP contribution in [0.25, 0.3) is 0 Å². The molecule has 0 radical (unpaired) electrons. The monoisotopic (exact) mass is 284 g/mol. The van der Waals surface area contributed by atoms with E-state index >= 15 is 0 Å². The number of nitrogens with zero attached hydrogens (tertiary/aromatic N) is 1. The number of ether oxygens (including phenoxy) is 1. The second kappa shape index (κ2) is 6.08. The standard InChI is InChI=1S/C14H13BN2O4/c1-21-14(18)9-5-6-12(13(7-9)17(19)20)16-11-4-2-3-10(15)8-11/h2-8,16H,15H2,1H3. The highest BCUT2D eigenvalue weighted by molar-refractivity contribution is 6.32. The molecule has 21 heavy (non-hydrogen) atoms. The van der Waals surface area contributed by atoms with Crippen LogP contribution in [0.5, 0.6) is 0 Å². The molecule has 2 rings (SSSR count). The van der Waals surface area contributed by atoms with Gasteiger partial charge in [-0.3, -0.25) is 10.1 Å². The van der Waals surface area contributed by atoms with Crippen molar-refractivity contribution >= 4 is 36.3 Å². The minimum absolute atomic E-state index is 0.138. The molecule has 0 atom stereocenters. The average molecular weight is 284 g/mol. The lowest BCUT2D eigenvalue weighted by Crippen LogP contribution is -2.05. The Morgan fingerprint density at radius 1 is 1.29 bits per heavy atom. The van der Waals surface area contributed by atoms with Crippen molar-refractivity contribution in [1.82, 2.24) is 0 Å². The third kappa shape index (κ3) is 3.39. The van der Waals surface area contributed by atoms with Gasteiger partial charge >= 0.3 is 5.97 Å². The Morgan fingerprint density at radius 2 is 2.05 bits per heavy atom. The first-order valence-electron chi connectivity index (χ1n) is 6.21. The molecule has 0 aliphatic heterocycles. The van der Waals surface area contributed by atoms with Gasteiger partial charge in [-0.15, -0.1) is 0 Å². The minimum atomic E-state index is -0.611. The molecule has 2 aromatic carbocycles. The molecule has 0 fully saturated rings. The topological polar surface area (TPSA) is 81.5 Å². The number of esters is 1. The molecular formula is C14H13BN2O4. The summed E-state index contributed by atoms with van der Waals surface area (Å²) >= 11 is 0. The van der Waals surface area contributed by atoms with Gasteiger partial charge in [0.15, 0.2) is 0 Å². The number of benzene rings is 2. The molecule has 7 heteroatoms. The second-order valence-corrected chi connectivity index (χ2v) is 4.48. The molecule has 0 saturated heterocycles. The average Bonchev–Trinajstić information content (AvgIpc) is 2.46. The first-order valence-corrected chi connectivity index (χ1v) is 6.21. The largest absolute Gasteiger partial charge is 0.465 e. The fourth-order valence-electron chi connectivity index (χ4n) is 1.91. The first-order chi connectivity index (χ1) is 10.0. The fourth-order valence-corrected chi connectivity index (χ4v) is 1.91. The van der Waals surface area contributed by atoms with Gasteiger partial charge in [-0.2, -0.15) is 0 Å². The zero-order chi connectivity index (χ0) is 15.4. The van der Waals surface area contributed by atoms with Gasteiger partial charge < -0.3 is 10.1 Å². The van der Waals surface area contributed by atoms with E-state index in [9.17, 15) is 14.9 Å². The van der Waals surface area contributed by atoms with E-state index in [1.54, 1.807) is 0 Å². The van der Waals surface area contributed by atoms with Crippen LogP contribution in [-0.2, 0) is 4.74 Å². The number of hydrogen-bond acceptors (Lipinski definition) is 5. The van der Waals surface area contributed by atoms with Crippen molar-refractivity contribution < 1.29 is 14.5 Å². The molecule has 0 aliphatic carbocycles. The van der Waals surface area contributed by atoms with Gasteiger partial charge in [0.1, 0.15) is 13.5 Å². The molecule has 0 heterocycles. The van der Waals surface area contributed by atoms with E-state index in [-0.39, 0.29) is 11.3 Å². The predicted molar refractivity (Wildman–Crippen MR) is 82.3 cm³/mol. The molecule has 0 unspecified atom stereocenters. The van der Waals surface area contributed by atoms with Gasteiger partial charge in [0.25, 0.3) is 5.69 Å². The number of carbonyl (C=O) groups excluding carboxylic acids is 1. The van der Waals surface area contributed by atoms with Crippen LogP contribution in [0, 0.1) is 10.1 Å².